The molecule has 0 saturated carbocycles. The van der Waals surface area contributed by atoms with E-state index in [-0.39, 0.29) is 29.0 Å². The van der Waals surface area contributed by atoms with Crippen LogP contribution >= 0.6 is 0 Å². The molecule has 0 bridgehead atoms. The van der Waals surface area contributed by atoms with Crippen LogP contribution in [0.15, 0.2) is 12.4 Å². The number of hydrogen-bond donors (Lipinski definition) is 5. The Labute approximate surface area is 201 Å². The van der Waals surface area contributed by atoms with Crippen molar-refractivity contribution in [3.8, 4) is 6.07 Å². The van der Waals surface area contributed by atoms with Crippen LogP contribution < -0.4 is 27.4 Å². The normalized spacial score (nSPS) is 13.1. The van der Waals surface area contributed by atoms with Crippen molar-refractivity contribution in [3.63, 3.8) is 0 Å². The number of aromatic nitrogens is 4. The summed E-state index contributed by atoms with van der Waals surface area (Å²) in [5.41, 5.74) is 11.6. The van der Waals surface area contributed by atoms with Crippen molar-refractivity contribution in [1.29, 1.82) is 5.26 Å². The molecule has 0 fully saturated rings. The third kappa shape index (κ3) is 7.16. The number of nitrogens with two attached hydrogens (primary N) is 2. The fraction of sp³-hybridized carbons (Fsp3) is 0.565. The molecule has 0 aliphatic carbocycles. The predicted molar refractivity (Wildman–Crippen MR) is 134 cm³/mol. The van der Waals surface area contributed by atoms with Gasteiger partial charge in [0, 0.05) is 24.8 Å². The summed E-state index contributed by atoms with van der Waals surface area (Å²) in [6, 6.07) is 2.26. The summed E-state index contributed by atoms with van der Waals surface area (Å²) in [7, 11) is 0. The first kappa shape index (κ1) is 26.6. The number of carbonyl (C=O) groups excluding carboxylic acids is 1. The van der Waals surface area contributed by atoms with Crippen LogP contribution in [-0.4, -0.2) is 44.5 Å². The maximum absolute atomic E-state index is 11.8. The number of anilines is 4. The van der Waals surface area contributed by atoms with Crippen LogP contribution in [0.5, 0.6) is 0 Å². The second-order valence-electron chi connectivity index (χ2n) is 9.60. The van der Waals surface area contributed by atoms with E-state index in [1.54, 1.807) is 0 Å². The van der Waals surface area contributed by atoms with Crippen molar-refractivity contribution in [3.05, 3.63) is 23.5 Å². The summed E-state index contributed by atoms with van der Waals surface area (Å²) in [5.74, 6) is 1.07. The number of nitrogen functional groups attached to an aromatic ring is 1. The highest BCUT2D eigenvalue weighted by Crippen LogP contribution is 2.27. The van der Waals surface area contributed by atoms with E-state index < -0.39 is 5.91 Å². The van der Waals surface area contributed by atoms with Crippen molar-refractivity contribution in [1.82, 2.24) is 19.9 Å². The van der Waals surface area contributed by atoms with Crippen molar-refractivity contribution < 1.29 is 4.79 Å². The number of nitrogens with one attached hydrogen (secondary N) is 3. The van der Waals surface area contributed by atoms with Gasteiger partial charge in [-0.05, 0) is 24.2 Å². The standard InChI is InChI=1S/C23H36N10O/c1-7-16(13(2)3)30-19-14(10-24)11-29-22(33-19)27-9-8-17(23(4,5)6)31-20-15(18(25)34)12-28-21(26)32-20/h11-13,16-17H,7-9H2,1-6H3,(H2,25,34)(H3,26,28,31,32)(H2,27,29,30,33)/t16?,17-/m0/s1. The Morgan fingerprint density at radius 2 is 1.85 bits per heavy atom. The van der Waals surface area contributed by atoms with E-state index in [0.717, 1.165) is 6.42 Å². The number of hydrogen-bond acceptors (Lipinski definition) is 10. The van der Waals surface area contributed by atoms with Crippen LogP contribution in [0.3, 0.4) is 0 Å². The maximum Gasteiger partial charge on any atom is 0.254 e. The largest absolute Gasteiger partial charge is 0.368 e. The van der Waals surface area contributed by atoms with E-state index >= 15 is 0 Å². The molecule has 7 N–H and O–H groups in total. The van der Waals surface area contributed by atoms with Gasteiger partial charge in [-0.2, -0.15) is 15.2 Å². The zero-order chi connectivity index (χ0) is 25.5. The molecule has 0 saturated heterocycles. The lowest BCUT2D eigenvalue weighted by atomic mass is 9.84. The molecule has 0 spiro atoms. The van der Waals surface area contributed by atoms with Crippen LogP contribution in [0.1, 0.15) is 70.3 Å². The van der Waals surface area contributed by atoms with E-state index in [0.29, 0.717) is 42.0 Å². The quantitative estimate of drug-likeness (QED) is 0.329. The molecule has 2 aromatic heterocycles. The van der Waals surface area contributed by atoms with Gasteiger partial charge in [-0.3, -0.25) is 4.79 Å². The van der Waals surface area contributed by atoms with Crippen LogP contribution in [-0.2, 0) is 0 Å². The molecule has 2 atom stereocenters. The lowest BCUT2D eigenvalue weighted by Gasteiger charge is -2.32. The zero-order valence-corrected chi connectivity index (χ0v) is 20.8. The molecule has 34 heavy (non-hydrogen) atoms. The van der Waals surface area contributed by atoms with Gasteiger partial charge in [0.15, 0.2) is 0 Å². The molecule has 11 heteroatoms. The summed E-state index contributed by atoms with van der Waals surface area (Å²) in [6.45, 7) is 13.1. The van der Waals surface area contributed by atoms with Crippen LogP contribution in [0, 0.1) is 22.7 Å². The summed E-state index contributed by atoms with van der Waals surface area (Å²) in [6.07, 6.45) is 4.41. The highest BCUT2D eigenvalue weighted by molar-refractivity contribution is 5.97. The average molecular weight is 469 g/mol. The number of amides is 1. The fourth-order valence-corrected chi connectivity index (χ4v) is 3.48. The van der Waals surface area contributed by atoms with E-state index in [1.807, 2.05) is 0 Å². The Kier molecular flexibility index (Phi) is 8.95. The van der Waals surface area contributed by atoms with Crippen molar-refractivity contribution in [2.75, 3.05) is 28.2 Å². The minimum absolute atomic E-state index is 0.0519. The lowest BCUT2D eigenvalue weighted by Crippen LogP contribution is -2.37. The molecule has 2 aromatic rings. The highest BCUT2D eigenvalue weighted by Gasteiger charge is 2.26. The fourth-order valence-electron chi connectivity index (χ4n) is 3.48. The van der Waals surface area contributed by atoms with Gasteiger partial charge in [-0.15, -0.1) is 0 Å². The highest BCUT2D eigenvalue weighted by atomic mass is 16.1. The molecule has 184 valence electrons. The number of nitrogens with zero attached hydrogens (tertiary/aromatic N) is 5. The van der Waals surface area contributed by atoms with Gasteiger partial charge < -0.3 is 27.4 Å². The molecule has 0 aromatic carbocycles. The van der Waals surface area contributed by atoms with Crippen LogP contribution in [0.25, 0.3) is 0 Å². The molecule has 2 rings (SSSR count). The van der Waals surface area contributed by atoms with Crippen LogP contribution in [0.2, 0.25) is 0 Å². The van der Waals surface area contributed by atoms with Gasteiger partial charge in [-0.25, -0.2) is 9.97 Å². The van der Waals surface area contributed by atoms with E-state index in [1.165, 1.54) is 12.4 Å². The van der Waals surface area contributed by atoms with Gasteiger partial charge in [0.2, 0.25) is 11.9 Å². The molecule has 11 nitrogen and oxygen atoms in total. The first-order valence-corrected chi connectivity index (χ1v) is 11.4. The summed E-state index contributed by atoms with van der Waals surface area (Å²) in [4.78, 5) is 28.6. The molecule has 0 aliphatic rings. The van der Waals surface area contributed by atoms with E-state index in [4.69, 9.17) is 11.5 Å². The van der Waals surface area contributed by atoms with Gasteiger partial charge >= 0.3 is 0 Å². The van der Waals surface area contributed by atoms with Gasteiger partial charge in [0.25, 0.3) is 5.91 Å². The lowest BCUT2D eigenvalue weighted by molar-refractivity contribution is 0.1000. The monoisotopic (exact) mass is 468 g/mol. The topological polar surface area (TPSA) is 181 Å². The predicted octanol–water partition coefficient (Wildman–Crippen LogP) is 2.99. The van der Waals surface area contributed by atoms with Crippen LogP contribution in [0.4, 0.5) is 23.5 Å². The Bertz CT molecular complexity index is 1030. The number of carbonyl (C=O) groups is 1. The molecular weight excluding hydrogens is 432 g/mol. The average Bonchev–Trinajstić information content (AvgIpc) is 2.75. The molecule has 1 unspecified atom stereocenters. The maximum atomic E-state index is 11.8. The smallest absolute Gasteiger partial charge is 0.254 e. The second-order valence-corrected chi connectivity index (χ2v) is 9.60. The third-order valence-electron chi connectivity index (χ3n) is 5.62. The molecular formula is C23H36N10O. The number of nitriles is 1. The Morgan fingerprint density at radius 3 is 2.41 bits per heavy atom. The van der Waals surface area contributed by atoms with E-state index in [2.05, 4.69) is 83.5 Å². The SMILES string of the molecule is CCC(Nc1nc(NCC[C@H](Nc2nc(N)ncc2C(N)=O)C(C)(C)C)ncc1C#N)C(C)C. The first-order chi connectivity index (χ1) is 16.0. The van der Waals surface area contributed by atoms with Gasteiger partial charge in [0.1, 0.15) is 23.3 Å². The van der Waals surface area contributed by atoms with Gasteiger partial charge in [-0.1, -0.05) is 41.5 Å². The summed E-state index contributed by atoms with van der Waals surface area (Å²) >= 11 is 0. The minimum atomic E-state index is -0.633. The van der Waals surface area contributed by atoms with Crippen molar-refractivity contribution >= 4 is 29.4 Å². The first-order valence-electron chi connectivity index (χ1n) is 11.4. The molecule has 0 aliphatic heterocycles. The third-order valence-corrected chi connectivity index (χ3v) is 5.62. The van der Waals surface area contributed by atoms with Crippen molar-refractivity contribution in [2.24, 2.45) is 17.1 Å². The van der Waals surface area contributed by atoms with E-state index in [9.17, 15) is 10.1 Å². The minimum Gasteiger partial charge on any atom is -0.368 e. The molecule has 2 heterocycles. The second kappa shape index (κ2) is 11.4. The Morgan fingerprint density at radius 1 is 1.15 bits per heavy atom. The Hall–Kier alpha value is -3.68. The summed E-state index contributed by atoms with van der Waals surface area (Å²) in [5, 5.41) is 19.3. The zero-order valence-electron chi connectivity index (χ0n) is 20.8. The molecule has 0 radical (unpaired) electrons. The van der Waals surface area contributed by atoms with Gasteiger partial charge in [0.05, 0.1) is 11.8 Å². The molecule has 1 amide bonds. The van der Waals surface area contributed by atoms with Crippen molar-refractivity contribution in [2.45, 2.75) is 66.5 Å². The number of primary amides is 1. The number of rotatable bonds is 11. The summed E-state index contributed by atoms with van der Waals surface area (Å²) < 4.78 is 0. The Balaban J connectivity index is 2.15.